The van der Waals surface area contributed by atoms with E-state index in [1.165, 1.54) is 57.2 Å². The number of nitrogens with zero attached hydrogens (tertiary/aromatic N) is 1. The third-order valence-corrected chi connectivity index (χ3v) is 4.20. The van der Waals surface area contributed by atoms with Crippen LogP contribution in [0.1, 0.15) is 59.3 Å². The standard InChI is InChI=1S/C16H31N/c1-14(2)13-15(3)7-6-8-16(4)9-11-17(5)12-10-16/h14H,3,6-13H2,1-2,4-5H3. The zero-order valence-electron chi connectivity index (χ0n) is 12.4. The third-order valence-electron chi connectivity index (χ3n) is 4.20. The average Bonchev–Trinajstić information content (AvgIpc) is 2.22. The SMILES string of the molecule is C=C(CCCC1(C)CCN(C)CC1)CC(C)C. The number of allylic oxidation sites excluding steroid dienone is 1. The van der Waals surface area contributed by atoms with Gasteiger partial charge < -0.3 is 4.90 Å². The van der Waals surface area contributed by atoms with Crippen molar-refractivity contribution in [2.45, 2.75) is 59.3 Å². The first kappa shape index (κ1) is 14.8. The molecular weight excluding hydrogens is 206 g/mol. The lowest BCUT2D eigenvalue weighted by Gasteiger charge is -2.38. The molecule has 0 aromatic heterocycles. The Bertz CT molecular complexity index is 234. The van der Waals surface area contributed by atoms with Gasteiger partial charge in [-0.3, -0.25) is 0 Å². The molecule has 1 aliphatic heterocycles. The molecule has 0 spiro atoms. The van der Waals surface area contributed by atoms with Crippen molar-refractivity contribution in [1.29, 1.82) is 0 Å². The molecule has 0 bridgehead atoms. The van der Waals surface area contributed by atoms with Crippen LogP contribution in [0.15, 0.2) is 12.2 Å². The van der Waals surface area contributed by atoms with Crippen molar-refractivity contribution in [3.8, 4) is 0 Å². The zero-order chi connectivity index (χ0) is 12.9. The summed E-state index contributed by atoms with van der Waals surface area (Å²) in [5.74, 6) is 0.765. The lowest BCUT2D eigenvalue weighted by Crippen LogP contribution is -2.36. The van der Waals surface area contributed by atoms with Crippen LogP contribution in [0.3, 0.4) is 0 Å². The van der Waals surface area contributed by atoms with Gasteiger partial charge in [0.25, 0.3) is 0 Å². The van der Waals surface area contributed by atoms with Crippen LogP contribution in [0, 0.1) is 11.3 Å². The molecule has 100 valence electrons. The second kappa shape index (κ2) is 6.58. The van der Waals surface area contributed by atoms with Crippen LogP contribution in [0.2, 0.25) is 0 Å². The lowest BCUT2D eigenvalue weighted by atomic mass is 9.76. The van der Waals surface area contributed by atoms with Crippen molar-refractivity contribution in [2.75, 3.05) is 20.1 Å². The van der Waals surface area contributed by atoms with Crippen molar-refractivity contribution >= 4 is 0 Å². The summed E-state index contributed by atoms with van der Waals surface area (Å²) >= 11 is 0. The Morgan fingerprint density at radius 1 is 1.29 bits per heavy atom. The van der Waals surface area contributed by atoms with E-state index in [0.29, 0.717) is 5.41 Å². The van der Waals surface area contributed by atoms with E-state index in [-0.39, 0.29) is 0 Å². The molecule has 0 aromatic rings. The van der Waals surface area contributed by atoms with Crippen LogP contribution in [0.25, 0.3) is 0 Å². The molecule has 0 aliphatic carbocycles. The molecule has 0 saturated carbocycles. The van der Waals surface area contributed by atoms with Crippen molar-refractivity contribution in [3.63, 3.8) is 0 Å². The largest absolute Gasteiger partial charge is 0.306 e. The van der Waals surface area contributed by atoms with Crippen LogP contribution >= 0.6 is 0 Å². The molecular formula is C16H31N. The summed E-state index contributed by atoms with van der Waals surface area (Å²) in [6, 6.07) is 0. The Kier molecular flexibility index (Phi) is 5.72. The molecule has 1 aliphatic rings. The minimum absolute atomic E-state index is 0.602. The van der Waals surface area contributed by atoms with E-state index in [9.17, 15) is 0 Å². The maximum Gasteiger partial charge on any atom is -0.00166 e. The predicted octanol–water partition coefficient (Wildman–Crippen LogP) is 4.49. The molecule has 0 N–H and O–H groups in total. The number of likely N-dealkylation sites (tertiary alicyclic amines) is 1. The van der Waals surface area contributed by atoms with E-state index in [0.717, 1.165) is 5.92 Å². The Labute approximate surface area is 108 Å². The van der Waals surface area contributed by atoms with Gasteiger partial charge in [-0.25, -0.2) is 0 Å². The van der Waals surface area contributed by atoms with Crippen molar-refractivity contribution < 1.29 is 0 Å². The van der Waals surface area contributed by atoms with Crippen molar-refractivity contribution in [3.05, 3.63) is 12.2 Å². The summed E-state index contributed by atoms with van der Waals surface area (Å²) in [6.45, 7) is 13.8. The van der Waals surface area contributed by atoms with Crippen molar-refractivity contribution in [2.24, 2.45) is 11.3 Å². The van der Waals surface area contributed by atoms with Gasteiger partial charge in [-0.05, 0) is 70.0 Å². The van der Waals surface area contributed by atoms with Gasteiger partial charge in [0.15, 0.2) is 0 Å². The molecule has 0 atom stereocenters. The summed E-state index contributed by atoms with van der Waals surface area (Å²) < 4.78 is 0. The Morgan fingerprint density at radius 3 is 2.41 bits per heavy atom. The average molecular weight is 237 g/mol. The molecule has 0 unspecified atom stereocenters. The highest BCUT2D eigenvalue weighted by atomic mass is 15.1. The second-order valence-corrected chi connectivity index (χ2v) is 6.82. The van der Waals surface area contributed by atoms with E-state index >= 15 is 0 Å². The van der Waals surface area contributed by atoms with Crippen molar-refractivity contribution in [1.82, 2.24) is 4.90 Å². The van der Waals surface area contributed by atoms with Crippen LogP contribution in [0.4, 0.5) is 0 Å². The van der Waals surface area contributed by atoms with Crippen LogP contribution in [-0.4, -0.2) is 25.0 Å². The third kappa shape index (κ3) is 5.72. The molecule has 1 saturated heterocycles. The highest BCUT2D eigenvalue weighted by Gasteiger charge is 2.27. The van der Waals surface area contributed by atoms with Gasteiger partial charge in [0, 0.05) is 0 Å². The van der Waals surface area contributed by atoms with Gasteiger partial charge in [-0.15, -0.1) is 0 Å². The van der Waals surface area contributed by atoms with Gasteiger partial charge >= 0.3 is 0 Å². The summed E-state index contributed by atoms with van der Waals surface area (Å²) in [7, 11) is 2.24. The minimum atomic E-state index is 0.602. The van der Waals surface area contributed by atoms with E-state index in [1.807, 2.05) is 0 Å². The molecule has 1 heterocycles. The number of hydrogen-bond acceptors (Lipinski definition) is 1. The van der Waals surface area contributed by atoms with E-state index in [2.05, 4.69) is 39.3 Å². The molecule has 0 radical (unpaired) electrons. The Balaban J connectivity index is 2.19. The maximum atomic E-state index is 4.20. The molecule has 1 fully saturated rings. The number of piperidine rings is 1. The molecule has 17 heavy (non-hydrogen) atoms. The number of rotatable bonds is 6. The van der Waals surface area contributed by atoms with Gasteiger partial charge in [0.05, 0.1) is 0 Å². The van der Waals surface area contributed by atoms with Gasteiger partial charge in [0.1, 0.15) is 0 Å². The minimum Gasteiger partial charge on any atom is -0.306 e. The van der Waals surface area contributed by atoms with Crippen LogP contribution in [0.5, 0.6) is 0 Å². The van der Waals surface area contributed by atoms with Crippen LogP contribution in [-0.2, 0) is 0 Å². The van der Waals surface area contributed by atoms with E-state index < -0.39 is 0 Å². The quantitative estimate of drug-likeness (QED) is 0.615. The normalized spacial score (nSPS) is 20.8. The maximum absolute atomic E-state index is 4.20. The summed E-state index contributed by atoms with van der Waals surface area (Å²) in [4.78, 5) is 2.46. The summed E-state index contributed by atoms with van der Waals surface area (Å²) in [6.07, 6.45) is 7.92. The highest BCUT2D eigenvalue weighted by molar-refractivity contribution is 4.95. The highest BCUT2D eigenvalue weighted by Crippen LogP contribution is 2.36. The number of hydrogen-bond donors (Lipinski definition) is 0. The van der Waals surface area contributed by atoms with Crippen LogP contribution < -0.4 is 0 Å². The molecule has 0 aromatic carbocycles. The fourth-order valence-electron chi connectivity index (χ4n) is 2.85. The first-order valence-corrected chi connectivity index (χ1v) is 7.26. The Morgan fingerprint density at radius 2 is 1.88 bits per heavy atom. The fourth-order valence-corrected chi connectivity index (χ4v) is 2.85. The first-order chi connectivity index (χ1) is 7.91. The monoisotopic (exact) mass is 237 g/mol. The predicted molar refractivity (Wildman–Crippen MR) is 77.3 cm³/mol. The fraction of sp³-hybridized carbons (Fsp3) is 0.875. The summed E-state index contributed by atoms with van der Waals surface area (Å²) in [5, 5.41) is 0. The second-order valence-electron chi connectivity index (χ2n) is 6.82. The molecule has 1 heteroatoms. The Hall–Kier alpha value is -0.300. The van der Waals surface area contributed by atoms with Gasteiger partial charge in [-0.2, -0.15) is 0 Å². The lowest BCUT2D eigenvalue weighted by molar-refractivity contribution is 0.128. The topological polar surface area (TPSA) is 3.24 Å². The van der Waals surface area contributed by atoms with Gasteiger partial charge in [0.2, 0.25) is 0 Å². The molecule has 1 nitrogen and oxygen atoms in total. The van der Waals surface area contributed by atoms with E-state index in [1.54, 1.807) is 0 Å². The van der Waals surface area contributed by atoms with Gasteiger partial charge in [-0.1, -0.05) is 32.9 Å². The molecule has 1 rings (SSSR count). The van der Waals surface area contributed by atoms with E-state index in [4.69, 9.17) is 0 Å². The molecule has 0 amide bonds. The zero-order valence-corrected chi connectivity index (χ0v) is 12.4. The smallest absolute Gasteiger partial charge is 0.00166 e. The first-order valence-electron chi connectivity index (χ1n) is 7.26. The summed E-state index contributed by atoms with van der Waals surface area (Å²) in [5.41, 5.74) is 2.06.